The minimum absolute atomic E-state index is 0.0474. The zero-order chi connectivity index (χ0) is 28.4. The van der Waals surface area contributed by atoms with E-state index < -0.39 is 24.7 Å². The average Bonchev–Trinajstić information content (AvgIpc) is 3.59. The van der Waals surface area contributed by atoms with E-state index >= 15 is 0 Å². The van der Waals surface area contributed by atoms with E-state index in [-0.39, 0.29) is 35.3 Å². The molecule has 0 bridgehead atoms. The summed E-state index contributed by atoms with van der Waals surface area (Å²) in [7, 11) is 0. The fourth-order valence-electron chi connectivity index (χ4n) is 7.70. The highest BCUT2D eigenvalue weighted by atomic mass is 19.1. The van der Waals surface area contributed by atoms with Gasteiger partial charge in [-0.25, -0.2) is 9.18 Å². The van der Waals surface area contributed by atoms with Crippen molar-refractivity contribution in [2.45, 2.75) is 89.6 Å². The molecule has 2 heterocycles. The van der Waals surface area contributed by atoms with Gasteiger partial charge in [-0.2, -0.15) is 0 Å². The van der Waals surface area contributed by atoms with Crippen molar-refractivity contribution in [1.29, 1.82) is 0 Å². The predicted octanol–water partition coefficient (Wildman–Crippen LogP) is 5.27. The molecule has 2 aliphatic carbocycles. The lowest BCUT2D eigenvalue weighted by molar-refractivity contribution is -0.142. The summed E-state index contributed by atoms with van der Waals surface area (Å²) in [4.78, 5) is 44.4. The van der Waals surface area contributed by atoms with Crippen LogP contribution < -0.4 is 11.1 Å². The van der Waals surface area contributed by atoms with Gasteiger partial charge < -0.3 is 26.0 Å². The van der Waals surface area contributed by atoms with Gasteiger partial charge in [-0.1, -0.05) is 39.0 Å². The van der Waals surface area contributed by atoms with E-state index in [2.05, 4.69) is 10.3 Å². The van der Waals surface area contributed by atoms with Crippen LogP contribution in [0, 0.1) is 23.7 Å². The third-order valence-corrected chi connectivity index (χ3v) is 9.90. The number of aromatic carboxylic acids is 1. The van der Waals surface area contributed by atoms with Crippen molar-refractivity contribution < 1.29 is 23.9 Å². The highest BCUT2D eigenvalue weighted by Gasteiger charge is 2.47. The molecule has 2 aromatic rings. The Hall–Kier alpha value is -2.94. The van der Waals surface area contributed by atoms with Crippen LogP contribution in [0.15, 0.2) is 18.2 Å². The lowest BCUT2D eigenvalue weighted by Crippen LogP contribution is -2.50. The molecule has 40 heavy (non-hydrogen) atoms. The molecule has 8 nitrogen and oxygen atoms in total. The average molecular weight is 555 g/mol. The Bertz CT molecular complexity index is 1230. The summed E-state index contributed by atoms with van der Waals surface area (Å²) in [5, 5.41) is 13.5. The predicted molar refractivity (Wildman–Crippen MR) is 153 cm³/mol. The molecule has 3 aliphatic rings. The van der Waals surface area contributed by atoms with Crippen LogP contribution in [0.3, 0.4) is 0 Å². The first kappa shape index (κ1) is 28.6. The molecule has 9 heteroatoms. The van der Waals surface area contributed by atoms with Crippen molar-refractivity contribution in [2.75, 3.05) is 18.5 Å². The number of benzene rings is 1. The standard InChI is InChI=1S/C31H43FN4O4/c1-2-22-24-16-21(12-13-26(24)35-27(22)31(39)40)34-29(37)28-23(18-6-4-3-5-7-18)14-15-36(28)30(38)20-10-8-19(9-11-20)25(33)17-32/h12-13,16,18-20,23,25,28,35H,2-11,14-15,17,33H2,1H3,(H,34,37)(H,39,40)/t19-,20-,23-,25+,28-/m0/s1. The van der Waals surface area contributed by atoms with E-state index in [1.54, 1.807) is 12.1 Å². The number of carbonyl (C=O) groups is 3. The Kier molecular flexibility index (Phi) is 8.78. The van der Waals surface area contributed by atoms with Gasteiger partial charge in [-0.3, -0.25) is 9.59 Å². The number of hydrogen-bond acceptors (Lipinski definition) is 4. The monoisotopic (exact) mass is 554 g/mol. The Balaban J connectivity index is 1.37. The molecule has 5 N–H and O–H groups in total. The van der Waals surface area contributed by atoms with Crippen molar-refractivity contribution in [2.24, 2.45) is 29.4 Å². The molecule has 218 valence electrons. The van der Waals surface area contributed by atoms with Gasteiger partial charge in [0.05, 0.1) is 0 Å². The van der Waals surface area contributed by atoms with Gasteiger partial charge in [0.1, 0.15) is 18.4 Å². The Morgan fingerprint density at radius 3 is 2.48 bits per heavy atom. The Morgan fingerprint density at radius 2 is 1.82 bits per heavy atom. The maximum atomic E-state index is 14.0. The van der Waals surface area contributed by atoms with Crippen LogP contribution in [0.5, 0.6) is 0 Å². The van der Waals surface area contributed by atoms with Gasteiger partial charge >= 0.3 is 5.97 Å². The third kappa shape index (κ3) is 5.62. The first-order chi connectivity index (χ1) is 19.3. The van der Waals surface area contributed by atoms with Gasteiger partial charge in [0.25, 0.3) is 0 Å². The number of aromatic amines is 1. The minimum atomic E-state index is -1.00. The van der Waals surface area contributed by atoms with Gasteiger partial charge in [0.15, 0.2) is 0 Å². The first-order valence-corrected chi connectivity index (χ1v) is 15.1. The van der Waals surface area contributed by atoms with Crippen LogP contribution in [0.2, 0.25) is 0 Å². The zero-order valence-electron chi connectivity index (χ0n) is 23.5. The van der Waals surface area contributed by atoms with Gasteiger partial charge in [0.2, 0.25) is 11.8 Å². The lowest BCUT2D eigenvalue weighted by atomic mass is 9.76. The molecule has 5 rings (SSSR count). The largest absolute Gasteiger partial charge is 0.477 e. The molecule has 0 spiro atoms. The highest BCUT2D eigenvalue weighted by Crippen LogP contribution is 2.41. The number of aryl methyl sites for hydroxylation is 1. The summed E-state index contributed by atoms with van der Waals surface area (Å²) in [5.41, 5.74) is 8.14. The maximum absolute atomic E-state index is 14.0. The first-order valence-electron chi connectivity index (χ1n) is 15.1. The normalized spacial score (nSPS) is 26.6. The van der Waals surface area contributed by atoms with Crippen LogP contribution in [-0.4, -0.2) is 58.1 Å². The molecule has 1 aromatic heterocycles. The Morgan fingerprint density at radius 1 is 1.10 bits per heavy atom. The number of aromatic nitrogens is 1. The molecular weight excluding hydrogens is 511 g/mol. The summed E-state index contributed by atoms with van der Waals surface area (Å²) in [6, 6.07) is 4.43. The maximum Gasteiger partial charge on any atom is 0.352 e. The van der Waals surface area contributed by atoms with E-state index in [1.807, 2.05) is 17.9 Å². The molecular formula is C31H43FN4O4. The summed E-state index contributed by atoms with van der Waals surface area (Å²) in [5.74, 6) is -0.609. The second kappa shape index (κ2) is 12.3. The van der Waals surface area contributed by atoms with Crippen LogP contribution >= 0.6 is 0 Å². The van der Waals surface area contributed by atoms with Crippen molar-refractivity contribution in [3.63, 3.8) is 0 Å². The van der Waals surface area contributed by atoms with Gasteiger partial charge in [-0.15, -0.1) is 0 Å². The number of carboxylic acid groups (broad SMARTS) is 1. The number of carbonyl (C=O) groups excluding carboxylic acids is 2. The summed E-state index contributed by atoms with van der Waals surface area (Å²) >= 11 is 0. The number of hydrogen-bond donors (Lipinski definition) is 4. The van der Waals surface area contributed by atoms with Crippen molar-refractivity contribution in [3.05, 3.63) is 29.5 Å². The van der Waals surface area contributed by atoms with Gasteiger partial charge in [0, 0.05) is 35.1 Å². The smallest absolute Gasteiger partial charge is 0.352 e. The van der Waals surface area contributed by atoms with Crippen LogP contribution in [0.1, 0.15) is 87.2 Å². The number of nitrogens with zero attached hydrogens (tertiary/aromatic N) is 1. The number of nitrogens with one attached hydrogen (secondary N) is 2. The molecule has 1 saturated heterocycles. The number of amides is 2. The summed E-state index contributed by atoms with van der Waals surface area (Å²) < 4.78 is 13.1. The molecule has 1 aromatic carbocycles. The van der Waals surface area contributed by atoms with Crippen molar-refractivity contribution in [1.82, 2.24) is 9.88 Å². The number of likely N-dealkylation sites (tertiary alicyclic amines) is 1. The zero-order valence-corrected chi connectivity index (χ0v) is 23.5. The summed E-state index contributed by atoms with van der Waals surface area (Å²) in [6.07, 6.45) is 9.98. The second-order valence-electron chi connectivity index (χ2n) is 12.1. The molecule has 1 aliphatic heterocycles. The topological polar surface area (TPSA) is 129 Å². The van der Waals surface area contributed by atoms with Crippen molar-refractivity contribution in [3.8, 4) is 0 Å². The molecule has 0 radical (unpaired) electrons. The van der Waals surface area contributed by atoms with E-state index in [0.29, 0.717) is 48.5 Å². The fourth-order valence-corrected chi connectivity index (χ4v) is 7.70. The van der Waals surface area contributed by atoms with Crippen LogP contribution in [0.25, 0.3) is 10.9 Å². The van der Waals surface area contributed by atoms with Crippen LogP contribution in [-0.2, 0) is 16.0 Å². The molecule has 3 atom stereocenters. The lowest BCUT2D eigenvalue weighted by Gasteiger charge is -2.36. The third-order valence-electron chi connectivity index (χ3n) is 9.90. The number of halogens is 1. The number of anilines is 1. The fraction of sp³-hybridized carbons (Fsp3) is 0.645. The number of fused-ring (bicyclic) bond motifs is 1. The Labute approximate surface area is 235 Å². The number of H-pyrrole nitrogens is 1. The van der Waals surface area contributed by atoms with E-state index in [9.17, 15) is 23.9 Å². The number of alkyl halides is 1. The minimum Gasteiger partial charge on any atom is -0.477 e. The molecule has 0 unspecified atom stereocenters. The molecule has 2 amide bonds. The quantitative estimate of drug-likeness (QED) is 0.354. The van der Waals surface area contributed by atoms with E-state index in [4.69, 9.17) is 5.73 Å². The van der Waals surface area contributed by atoms with Gasteiger partial charge in [-0.05, 0) is 80.0 Å². The SMILES string of the molecule is CCc1c(C(=O)O)[nH]c2ccc(NC(=O)[C@@H]3[C@H](C4CCCCC4)CCN3C(=O)[C@H]3CC[C@H]([C@H](N)CF)CC3)cc12. The van der Waals surface area contributed by atoms with Crippen LogP contribution in [0.4, 0.5) is 10.1 Å². The summed E-state index contributed by atoms with van der Waals surface area (Å²) in [6.45, 7) is 1.96. The molecule has 3 fully saturated rings. The van der Waals surface area contributed by atoms with E-state index in [0.717, 1.165) is 50.3 Å². The number of nitrogens with two attached hydrogens (primary N) is 1. The van der Waals surface area contributed by atoms with E-state index in [1.165, 1.54) is 6.42 Å². The second-order valence-corrected chi connectivity index (χ2v) is 12.1. The number of carboxylic acids is 1. The molecule has 2 saturated carbocycles. The highest BCUT2D eigenvalue weighted by molar-refractivity contribution is 6.02. The van der Waals surface area contributed by atoms with Crippen molar-refractivity contribution >= 4 is 34.4 Å². The number of rotatable bonds is 8.